The molecule has 31 heavy (non-hydrogen) atoms. The molecule has 0 N–H and O–H groups in total. The van der Waals surface area contributed by atoms with Crippen molar-refractivity contribution >= 4 is 29.3 Å². The molecule has 2 amide bonds. The van der Waals surface area contributed by atoms with Crippen molar-refractivity contribution in [2.24, 2.45) is 0 Å². The summed E-state index contributed by atoms with van der Waals surface area (Å²) in [5.74, 6) is 1.30. The number of thioether (sulfide) groups is 1. The molecule has 0 aromatic heterocycles. The number of methoxy groups -OCH3 is 1. The van der Waals surface area contributed by atoms with Gasteiger partial charge in [-0.1, -0.05) is 48.5 Å². The van der Waals surface area contributed by atoms with Crippen molar-refractivity contribution in [3.05, 3.63) is 96.1 Å². The summed E-state index contributed by atoms with van der Waals surface area (Å²) in [5.41, 5.74) is 2.41. The zero-order chi connectivity index (χ0) is 21.4. The minimum absolute atomic E-state index is 0.0571. The van der Waals surface area contributed by atoms with Crippen LogP contribution in [0.3, 0.4) is 0 Å². The standard InChI is InChI=1S/C25H22N2O3S/c1-30-21-14-12-20(13-15-21)27-22(18-8-4-2-5-9-18)25(24(27)29)26(16-17-31-25)23(28)19-10-6-3-7-11-19/h2-15,22H,16-17H2,1H3/t22-,25-/m0/s1. The fourth-order valence-corrected chi connectivity index (χ4v) is 6.00. The van der Waals surface area contributed by atoms with Gasteiger partial charge in [-0.2, -0.15) is 0 Å². The number of anilines is 1. The molecule has 6 heteroatoms. The lowest BCUT2D eigenvalue weighted by Crippen LogP contribution is -2.73. The highest BCUT2D eigenvalue weighted by atomic mass is 32.2. The fraction of sp³-hybridized carbons (Fsp3) is 0.200. The van der Waals surface area contributed by atoms with E-state index in [1.807, 2.05) is 72.8 Å². The molecule has 0 saturated carbocycles. The molecule has 2 heterocycles. The van der Waals surface area contributed by atoms with Crippen LogP contribution in [0.1, 0.15) is 22.0 Å². The summed E-state index contributed by atoms with van der Waals surface area (Å²) in [7, 11) is 1.62. The van der Waals surface area contributed by atoms with Crippen LogP contribution in [0.4, 0.5) is 5.69 Å². The Morgan fingerprint density at radius 3 is 2.26 bits per heavy atom. The van der Waals surface area contributed by atoms with Gasteiger partial charge < -0.3 is 9.64 Å². The molecule has 2 aliphatic rings. The minimum Gasteiger partial charge on any atom is -0.497 e. The quantitative estimate of drug-likeness (QED) is 0.577. The summed E-state index contributed by atoms with van der Waals surface area (Å²) >= 11 is 1.57. The summed E-state index contributed by atoms with van der Waals surface area (Å²) in [4.78, 5) is 29.8. The average molecular weight is 431 g/mol. The average Bonchev–Trinajstić information content (AvgIpc) is 3.30. The topological polar surface area (TPSA) is 49.9 Å². The van der Waals surface area contributed by atoms with Gasteiger partial charge in [0.15, 0.2) is 4.87 Å². The number of hydrogen-bond donors (Lipinski definition) is 0. The van der Waals surface area contributed by atoms with E-state index in [1.54, 1.807) is 40.8 Å². The Balaban J connectivity index is 1.58. The number of benzene rings is 3. The summed E-state index contributed by atoms with van der Waals surface area (Å²) in [6, 6.07) is 26.4. The lowest BCUT2D eigenvalue weighted by Gasteiger charge is -2.57. The lowest BCUT2D eigenvalue weighted by molar-refractivity contribution is -0.133. The maximum Gasteiger partial charge on any atom is 0.266 e. The smallest absolute Gasteiger partial charge is 0.266 e. The molecule has 0 unspecified atom stereocenters. The van der Waals surface area contributed by atoms with Crippen LogP contribution in [0.5, 0.6) is 5.75 Å². The molecule has 1 spiro atoms. The van der Waals surface area contributed by atoms with Gasteiger partial charge in [-0.3, -0.25) is 14.5 Å². The Morgan fingerprint density at radius 1 is 0.968 bits per heavy atom. The van der Waals surface area contributed by atoms with Gasteiger partial charge >= 0.3 is 0 Å². The molecule has 0 bridgehead atoms. The predicted octanol–water partition coefficient (Wildman–Crippen LogP) is 4.37. The van der Waals surface area contributed by atoms with Crippen molar-refractivity contribution in [1.82, 2.24) is 4.90 Å². The van der Waals surface area contributed by atoms with Crippen LogP contribution in [0, 0.1) is 0 Å². The van der Waals surface area contributed by atoms with Crippen molar-refractivity contribution in [2.45, 2.75) is 10.9 Å². The third-order valence-corrected chi connectivity index (χ3v) is 7.37. The molecular weight excluding hydrogens is 408 g/mol. The highest BCUT2D eigenvalue weighted by molar-refractivity contribution is 8.01. The number of nitrogens with zero attached hydrogens (tertiary/aromatic N) is 2. The highest BCUT2D eigenvalue weighted by Gasteiger charge is 2.68. The summed E-state index contributed by atoms with van der Waals surface area (Å²) in [5, 5.41) is 0. The second-order valence-electron chi connectivity index (χ2n) is 7.55. The molecule has 2 fully saturated rings. The number of amides is 2. The van der Waals surface area contributed by atoms with Gasteiger partial charge in [0, 0.05) is 23.5 Å². The van der Waals surface area contributed by atoms with E-state index in [9.17, 15) is 9.59 Å². The Bertz CT molecular complexity index is 1100. The van der Waals surface area contributed by atoms with Crippen LogP contribution < -0.4 is 9.64 Å². The van der Waals surface area contributed by atoms with Gasteiger partial charge in [-0.05, 0) is 42.0 Å². The minimum atomic E-state index is -0.936. The Morgan fingerprint density at radius 2 is 1.61 bits per heavy atom. The van der Waals surface area contributed by atoms with Crippen LogP contribution in [-0.4, -0.2) is 41.0 Å². The van der Waals surface area contributed by atoms with Gasteiger partial charge in [0.1, 0.15) is 11.8 Å². The van der Waals surface area contributed by atoms with E-state index >= 15 is 0 Å². The molecule has 156 valence electrons. The zero-order valence-electron chi connectivity index (χ0n) is 17.1. The molecule has 3 aromatic rings. The van der Waals surface area contributed by atoms with Gasteiger partial charge in [-0.15, -0.1) is 11.8 Å². The van der Waals surface area contributed by atoms with Gasteiger partial charge in [0.05, 0.1) is 7.11 Å². The summed E-state index contributed by atoms with van der Waals surface area (Å²) in [6.45, 7) is 0.546. The van der Waals surface area contributed by atoms with Crippen molar-refractivity contribution in [1.29, 1.82) is 0 Å². The van der Waals surface area contributed by atoms with Crippen LogP contribution in [-0.2, 0) is 4.79 Å². The number of β-lactam (4-membered cyclic amide) rings is 1. The second-order valence-corrected chi connectivity index (χ2v) is 8.87. The van der Waals surface area contributed by atoms with Crippen molar-refractivity contribution in [3.8, 4) is 5.75 Å². The van der Waals surface area contributed by atoms with Crippen LogP contribution in [0.15, 0.2) is 84.9 Å². The third-order valence-electron chi connectivity index (χ3n) is 5.92. The normalized spacial score (nSPS) is 22.5. The van der Waals surface area contributed by atoms with Crippen molar-refractivity contribution in [3.63, 3.8) is 0 Å². The lowest BCUT2D eigenvalue weighted by atomic mass is 9.85. The van der Waals surface area contributed by atoms with Crippen LogP contribution in [0.25, 0.3) is 0 Å². The van der Waals surface area contributed by atoms with Crippen molar-refractivity contribution < 1.29 is 14.3 Å². The highest BCUT2D eigenvalue weighted by Crippen LogP contribution is 2.58. The van der Waals surface area contributed by atoms with Crippen molar-refractivity contribution in [2.75, 3.05) is 24.3 Å². The van der Waals surface area contributed by atoms with E-state index in [0.29, 0.717) is 12.1 Å². The molecule has 2 saturated heterocycles. The molecule has 5 rings (SSSR count). The number of hydrogen-bond acceptors (Lipinski definition) is 4. The van der Waals surface area contributed by atoms with Crippen LogP contribution >= 0.6 is 11.8 Å². The summed E-state index contributed by atoms with van der Waals surface area (Å²) < 4.78 is 5.27. The molecular formula is C25H22N2O3S. The number of carbonyl (C=O) groups is 2. The number of rotatable bonds is 4. The van der Waals surface area contributed by atoms with E-state index in [4.69, 9.17) is 4.74 Å². The maximum absolute atomic E-state index is 13.8. The third kappa shape index (κ3) is 3.01. The monoisotopic (exact) mass is 430 g/mol. The Kier molecular flexibility index (Phi) is 4.94. The van der Waals surface area contributed by atoms with Gasteiger partial charge in [-0.25, -0.2) is 0 Å². The van der Waals surface area contributed by atoms with E-state index in [0.717, 1.165) is 22.8 Å². The van der Waals surface area contributed by atoms with E-state index in [-0.39, 0.29) is 17.9 Å². The molecule has 3 aromatic carbocycles. The van der Waals surface area contributed by atoms with E-state index in [2.05, 4.69) is 0 Å². The van der Waals surface area contributed by atoms with E-state index < -0.39 is 4.87 Å². The molecule has 2 atom stereocenters. The first-order valence-corrected chi connectivity index (χ1v) is 11.2. The van der Waals surface area contributed by atoms with Gasteiger partial charge in [0.25, 0.3) is 11.8 Å². The SMILES string of the molecule is COc1ccc(N2C(=O)[C@@]3(SCCN3C(=O)c3ccccc3)[C@@H]2c2ccccc2)cc1. The first kappa shape index (κ1) is 19.7. The zero-order valence-corrected chi connectivity index (χ0v) is 17.9. The Hall–Kier alpha value is -3.25. The second kappa shape index (κ2) is 7.78. The Labute approximate surface area is 185 Å². The fourth-order valence-electron chi connectivity index (χ4n) is 4.46. The predicted molar refractivity (Wildman–Crippen MR) is 122 cm³/mol. The van der Waals surface area contributed by atoms with Gasteiger partial charge in [0.2, 0.25) is 0 Å². The maximum atomic E-state index is 13.8. The first-order chi connectivity index (χ1) is 15.2. The first-order valence-electron chi connectivity index (χ1n) is 10.2. The molecule has 0 aliphatic carbocycles. The largest absolute Gasteiger partial charge is 0.497 e. The number of carbonyl (C=O) groups excluding carboxylic acids is 2. The molecule has 5 nitrogen and oxygen atoms in total. The summed E-state index contributed by atoms with van der Waals surface area (Å²) in [6.07, 6.45) is 0. The van der Waals surface area contributed by atoms with E-state index in [1.165, 1.54) is 0 Å². The molecule has 2 aliphatic heterocycles. The molecule has 0 radical (unpaired) electrons. The van der Waals surface area contributed by atoms with Crippen LogP contribution in [0.2, 0.25) is 0 Å². The number of ether oxygens (including phenoxy) is 1.